The Labute approximate surface area is 148 Å². The Morgan fingerprint density at radius 1 is 1.12 bits per heavy atom. The third-order valence-corrected chi connectivity index (χ3v) is 4.54. The molecule has 126 valence electrons. The van der Waals surface area contributed by atoms with Crippen molar-refractivity contribution in [1.82, 2.24) is 4.98 Å². The van der Waals surface area contributed by atoms with Crippen molar-refractivity contribution in [2.45, 2.75) is 12.8 Å². The van der Waals surface area contributed by atoms with Gasteiger partial charge in [0.2, 0.25) is 6.79 Å². The summed E-state index contributed by atoms with van der Waals surface area (Å²) in [5, 5.41) is 2.71. The van der Waals surface area contributed by atoms with Gasteiger partial charge in [0, 0.05) is 29.6 Å². The second kappa shape index (κ2) is 6.94. The lowest BCUT2D eigenvalue weighted by Crippen LogP contribution is -2.07. The van der Waals surface area contributed by atoms with Crippen molar-refractivity contribution in [3.8, 4) is 23.0 Å². The van der Waals surface area contributed by atoms with E-state index < -0.39 is 0 Å². The number of aromatic nitrogens is 1. The summed E-state index contributed by atoms with van der Waals surface area (Å²) in [6.45, 7) is 0.223. The minimum atomic E-state index is 0.108. The van der Waals surface area contributed by atoms with Gasteiger partial charge < -0.3 is 14.2 Å². The highest BCUT2D eigenvalue weighted by molar-refractivity contribution is 7.09. The van der Waals surface area contributed by atoms with E-state index in [1.54, 1.807) is 12.3 Å². The minimum absolute atomic E-state index is 0.108. The lowest BCUT2D eigenvalue weighted by Gasteiger charge is -2.11. The molecular weight excluding hydrogens is 338 g/mol. The highest BCUT2D eigenvalue weighted by atomic mass is 32.1. The molecule has 0 saturated heterocycles. The van der Waals surface area contributed by atoms with Crippen molar-refractivity contribution in [3.05, 3.63) is 64.6 Å². The molecule has 1 aromatic heterocycles. The van der Waals surface area contributed by atoms with Gasteiger partial charge in [0.05, 0.1) is 11.4 Å². The summed E-state index contributed by atoms with van der Waals surface area (Å²) < 4.78 is 16.6. The first-order valence-corrected chi connectivity index (χ1v) is 8.71. The molecule has 0 aliphatic carbocycles. The number of hydrogen-bond donors (Lipinski definition) is 0. The largest absolute Gasteiger partial charge is 0.457 e. The molecule has 2 aromatic carbocycles. The summed E-state index contributed by atoms with van der Waals surface area (Å²) in [4.78, 5) is 16.5. The van der Waals surface area contributed by atoms with Gasteiger partial charge in [-0.3, -0.25) is 4.79 Å². The van der Waals surface area contributed by atoms with Crippen LogP contribution in [0.4, 0.5) is 0 Å². The van der Waals surface area contributed by atoms with E-state index in [9.17, 15) is 4.79 Å². The number of Topliss-reactive ketones (excluding diaryl/α,β-unsaturated/α-hetero) is 1. The number of ether oxygens (including phenoxy) is 3. The van der Waals surface area contributed by atoms with E-state index in [4.69, 9.17) is 14.2 Å². The number of rotatable bonds is 6. The Hall–Kier alpha value is -2.86. The van der Waals surface area contributed by atoms with Gasteiger partial charge >= 0.3 is 0 Å². The van der Waals surface area contributed by atoms with Gasteiger partial charge in [-0.2, -0.15) is 0 Å². The van der Waals surface area contributed by atoms with Crippen LogP contribution in [0, 0.1) is 0 Å². The summed E-state index contributed by atoms with van der Waals surface area (Å²) in [5.74, 6) is 2.78. The smallest absolute Gasteiger partial charge is 0.231 e. The first-order chi connectivity index (χ1) is 12.3. The maximum atomic E-state index is 12.3. The Balaban J connectivity index is 1.50. The summed E-state index contributed by atoms with van der Waals surface area (Å²) in [6.07, 6.45) is 2.36. The maximum absolute atomic E-state index is 12.3. The number of hydrogen-bond acceptors (Lipinski definition) is 6. The summed E-state index contributed by atoms with van der Waals surface area (Å²) in [7, 11) is 0. The van der Waals surface area contributed by atoms with Gasteiger partial charge in [0.1, 0.15) is 17.3 Å². The number of carbonyl (C=O) groups is 1. The zero-order chi connectivity index (χ0) is 17.1. The van der Waals surface area contributed by atoms with E-state index in [1.165, 1.54) is 11.3 Å². The predicted molar refractivity (Wildman–Crippen MR) is 93.6 cm³/mol. The van der Waals surface area contributed by atoms with Gasteiger partial charge in [-0.25, -0.2) is 4.98 Å². The normalized spacial score (nSPS) is 12.2. The first-order valence-electron chi connectivity index (χ1n) is 7.83. The molecule has 0 fully saturated rings. The van der Waals surface area contributed by atoms with Gasteiger partial charge in [-0.05, 0) is 18.2 Å². The Kier molecular flexibility index (Phi) is 4.35. The third-order valence-electron chi connectivity index (χ3n) is 3.76. The molecule has 6 heteroatoms. The van der Waals surface area contributed by atoms with Crippen molar-refractivity contribution in [2.24, 2.45) is 0 Å². The summed E-state index contributed by atoms with van der Waals surface area (Å²) in [6, 6.07) is 13.0. The van der Waals surface area contributed by atoms with Crippen LogP contribution in [-0.4, -0.2) is 17.6 Å². The molecule has 5 nitrogen and oxygen atoms in total. The van der Waals surface area contributed by atoms with Crippen LogP contribution in [0.15, 0.2) is 54.0 Å². The van der Waals surface area contributed by atoms with Crippen LogP contribution in [0.3, 0.4) is 0 Å². The lowest BCUT2D eigenvalue weighted by atomic mass is 10.1. The highest BCUT2D eigenvalue weighted by Gasteiger charge is 2.15. The Morgan fingerprint density at radius 3 is 2.88 bits per heavy atom. The monoisotopic (exact) mass is 353 g/mol. The Bertz CT molecular complexity index is 892. The second-order valence-electron chi connectivity index (χ2n) is 5.54. The number of fused-ring (bicyclic) bond motifs is 1. The van der Waals surface area contributed by atoms with Gasteiger partial charge in [-0.15, -0.1) is 11.3 Å². The molecule has 0 N–H and O–H groups in total. The molecule has 0 atom stereocenters. The molecule has 4 rings (SSSR count). The SMILES string of the molecule is O=C(Cc1nccs1)Cc1ccccc1Oc1ccc2c(c1)OCO2. The topological polar surface area (TPSA) is 57.7 Å². The second-order valence-corrected chi connectivity index (χ2v) is 6.52. The molecule has 0 unspecified atom stereocenters. The molecule has 0 amide bonds. The van der Waals surface area contributed by atoms with Gasteiger partial charge in [0.15, 0.2) is 11.5 Å². The van der Waals surface area contributed by atoms with Gasteiger partial charge in [0.25, 0.3) is 0 Å². The standard InChI is InChI=1S/C19H15NO4S/c21-14(10-19-20-7-8-25-19)9-13-3-1-2-4-16(13)24-15-5-6-17-18(11-15)23-12-22-17/h1-8,11H,9-10,12H2. The fourth-order valence-electron chi connectivity index (χ4n) is 2.60. The number of thiazole rings is 1. The third kappa shape index (κ3) is 3.64. The number of nitrogens with zero attached hydrogens (tertiary/aromatic N) is 1. The average Bonchev–Trinajstić information content (AvgIpc) is 3.27. The van der Waals surface area contributed by atoms with E-state index in [2.05, 4.69) is 4.98 Å². The number of ketones is 1. The maximum Gasteiger partial charge on any atom is 0.231 e. The number of benzene rings is 2. The van der Waals surface area contributed by atoms with Gasteiger partial charge in [-0.1, -0.05) is 18.2 Å². The highest BCUT2D eigenvalue weighted by Crippen LogP contribution is 2.37. The molecular formula is C19H15NO4S. The molecule has 0 radical (unpaired) electrons. The van der Waals surface area contributed by atoms with Crippen molar-refractivity contribution < 1.29 is 19.0 Å². The van der Waals surface area contributed by atoms with Crippen LogP contribution in [0.25, 0.3) is 0 Å². The van der Waals surface area contributed by atoms with Crippen LogP contribution in [-0.2, 0) is 17.6 Å². The van der Waals surface area contributed by atoms with E-state index >= 15 is 0 Å². The molecule has 0 spiro atoms. The predicted octanol–water partition coefficient (Wildman–Crippen LogP) is 4.02. The van der Waals surface area contributed by atoms with Crippen molar-refractivity contribution in [1.29, 1.82) is 0 Å². The van der Waals surface area contributed by atoms with Crippen LogP contribution in [0.5, 0.6) is 23.0 Å². The zero-order valence-corrected chi connectivity index (χ0v) is 14.1. The van der Waals surface area contributed by atoms with E-state index in [0.717, 1.165) is 10.6 Å². The lowest BCUT2D eigenvalue weighted by molar-refractivity contribution is -0.117. The molecule has 0 saturated carbocycles. The van der Waals surface area contributed by atoms with E-state index in [0.29, 0.717) is 35.8 Å². The molecule has 1 aliphatic heterocycles. The van der Waals surface area contributed by atoms with Crippen LogP contribution < -0.4 is 14.2 Å². The fraction of sp³-hybridized carbons (Fsp3) is 0.158. The van der Waals surface area contributed by atoms with Crippen LogP contribution >= 0.6 is 11.3 Å². The van der Waals surface area contributed by atoms with E-state index in [-0.39, 0.29) is 12.6 Å². The zero-order valence-electron chi connectivity index (χ0n) is 13.3. The Morgan fingerprint density at radius 2 is 2.00 bits per heavy atom. The minimum Gasteiger partial charge on any atom is -0.457 e. The molecule has 3 aromatic rings. The van der Waals surface area contributed by atoms with Crippen LogP contribution in [0.2, 0.25) is 0 Å². The summed E-state index contributed by atoms with van der Waals surface area (Å²) >= 11 is 1.49. The van der Waals surface area contributed by atoms with Crippen LogP contribution in [0.1, 0.15) is 10.6 Å². The first kappa shape index (κ1) is 15.7. The fourth-order valence-corrected chi connectivity index (χ4v) is 3.25. The molecule has 1 aliphatic rings. The molecule has 0 bridgehead atoms. The van der Waals surface area contributed by atoms with Crippen molar-refractivity contribution >= 4 is 17.1 Å². The van der Waals surface area contributed by atoms with Crippen molar-refractivity contribution in [2.75, 3.05) is 6.79 Å². The number of carbonyl (C=O) groups excluding carboxylic acids is 1. The van der Waals surface area contributed by atoms with E-state index in [1.807, 2.05) is 41.8 Å². The average molecular weight is 353 g/mol. The molecule has 25 heavy (non-hydrogen) atoms. The summed E-state index contributed by atoms with van der Waals surface area (Å²) in [5.41, 5.74) is 0.849. The molecule has 2 heterocycles. The quantitative estimate of drug-likeness (QED) is 0.670. The van der Waals surface area contributed by atoms with Crippen molar-refractivity contribution in [3.63, 3.8) is 0 Å². The number of para-hydroxylation sites is 1.